The van der Waals surface area contributed by atoms with Gasteiger partial charge in [-0.2, -0.15) is 0 Å². The molecular formula is C22H25N5O3. The number of imidazole rings is 1. The summed E-state index contributed by atoms with van der Waals surface area (Å²) in [5.41, 5.74) is 3.11. The normalized spacial score (nSPS) is 14.2. The highest BCUT2D eigenvalue weighted by Gasteiger charge is 2.23. The third kappa shape index (κ3) is 3.56. The van der Waals surface area contributed by atoms with Crippen LogP contribution in [-0.2, 0) is 7.05 Å². The van der Waals surface area contributed by atoms with Gasteiger partial charge in [0.1, 0.15) is 5.82 Å². The minimum Gasteiger partial charge on any atom is -0.493 e. The number of pyridine rings is 1. The van der Waals surface area contributed by atoms with Crippen LogP contribution < -0.4 is 10.6 Å². The highest BCUT2D eigenvalue weighted by Crippen LogP contribution is 2.20. The molecule has 8 heteroatoms. The Kier molecular flexibility index (Phi) is 5.07. The summed E-state index contributed by atoms with van der Waals surface area (Å²) < 4.78 is 2.50. The molecule has 0 spiro atoms. The molecule has 0 radical (unpaired) electrons. The van der Waals surface area contributed by atoms with E-state index >= 15 is 0 Å². The van der Waals surface area contributed by atoms with Crippen LogP contribution in [0.2, 0.25) is 0 Å². The lowest BCUT2D eigenvalue weighted by molar-refractivity contribution is 0.0746. The summed E-state index contributed by atoms with van der Waals surface area (Å²) in [6, 6.07) is 8.98. The smallest absolute Gasteiger partial charge is 0.335 e. The number of carbonyl (C=O) groups is 1. The molecule has 1 aromatic carbocycles. The largest absolute Gasteiger partial charge is 0.493 e. The van der Waals surface area contributed by atoms with Gasteiger partial charge < -0.3 is 14.9 Å². The molecule has 1 aliphatic rings. The molecule has 2 aromatic heterocycles. The van der Waals surface area contributed by atoms with E-state index in [-0.39, 0.29) is 17.5 Å². The molecule has 1 aliphatic heterocycles. The number of nitrogens with zero attached hydrogens (tertiary/aromatic N) is 5. The van der Waals surface area contributed by atoms with Gasteiger partial charge in [-0.3, -0.25) is 13.9 Å². The first-order valence-electron chi connectivity index (χ1n) is 9.90. The summed E-state index contributed by atoms with van der Waals surface area (Å²) in [7, 11) is 1.50. The van der Waals surface area contributed by atoms with Crippen molar-refractivity contribution in [2.45, 2.75) is 13.8 Å². The standard InChI is InChI=1S/C22H25N5O3/c1-15-12-16(2)20(23-13-15)25-8-10-26(11-9-25)21(29)17-4-6-18(7-5-17)27-14-19(28)24(3)22(27)30/h4-7,12-14,28H,8-11H2,1-3H3. The van der Waals surface area contributed by atoms with Crippen molar-refractivity contribution >= 4 is 11.7 Å². The van der Waals surface area contributed by atoms with E-state index in [0.717, 1.165) is 34.6 Å². The molecule has 156 valence electrons. The Morgan fingerprint density at radius 3 is 2.30 bits per heavy atom. The lowest BCUT2D eigenvalue weighted by atomic mass is 10.1. The van der Waals surface area contributed by atoms with E-state index in [4.69, 9.17) is 0 Å². The van der Waals surface area contributed by atoms with Gasteiger partial charge in [0.2, 0.25) is 5.88 Å². The molecule has 0 bridgehead atoms. The molecule has 1 N–H and O–H groups in total. The monoisotopic (exact) mass is 407 g/mol. The maximum Gasteiger partial charge on any atom is 0.335 e. The zero-order valence-corrected chi connectivity index (χ0v) is 17.4. The molecule has 0 saturated carbocycles. The van der Waals surface area contributed by atoms with Gasteiger partial charge >= 0.3 is 5.69 Å². The Morgan fingerprint density at radius 2 is 1.73 bits per heavy atom. The van der Waals surface area contributed by atoms with Crippen molar-refractivity contribution in [2.24, 2.45) is 7.05 Å². The Balaban J connectivity index is 1.44. The van der Waals surface area contributed by atoms with Crippen LogP contribution in [0, 0.1) is 13.8 Å². The Bertz CT molecular complexity index is 1140. The van der Waals surface area contributed by atoms with Gasteiger partial charge in [-0.25, -0.2) is 9.78 Å². The molecule has 3 aromatic rings. The lowest BCUT2D eigenvalue weighted by Gasteiger charge is -2.36. The highest BCUT2D eigenvalue weighted by molar-refractivity contribution is 5.94. The maximum atomic E-state index is 12.9. The van der Waals surface area contributed by atoms with Crippen molar-refractivity contribution < 1.29 is 9.90 Å². The molecule has 0 aliphatic carbocycles. The van der Waals surface area contributed by atoms with E-state index in [0.29, 0.717) is 24.3 Å². The van der Waals surface area contributed by atoms with Gasteiger partial charge in [-0.05, 0) is 49.2 Å². The Labute approximate surface area is 174 Å². The average Bonchev–Trinajstić information content (AvgIpc) is 3.01. The van der Waals surface area contributed by atoms with E-state index in [1.54, 1.807) is 24.3 Å². The second-order valence-electron chi connectivity index (χ2n) is 7.68. The Morgan fingerprint density at radius 1 is 1.07 bits per heavy atom. The van der Waals surface area contributed by atoms with Crippen molar-refractivity contribution in [2.75, 3.05) is 31.1 Å². The van der Waals surface area contributed by atoms with Crippen molar-refractivity contribution in [1.29, 1.82) is 0 Å². The molecule has 8 nitrogen and oxygen atoms in total. The number of benzene rings is 1. The quantitative estimate of drug-likeness (QED) is 0.717. The van der Waals surface area contributed by atoms with Crippen LogP contribution in [0.25, 0.3) is 5.69 Å². The minimum absolute atomic E-state index is 0.0296. The van der Waals surface area contributed by atoms with Crippen LogP contribution in [0.5, 0.6) is 5.88 Å². The molecule has 30 heavy (non-hydrogen) atoms. The number of anilines is 1. The summed E-state index contributed by atoms with van der Waals surface area (Å²) in [4.78, 5) is 33.7. The topological polar surface area (TPSA) is 83.6 Å². The zero-order valence-electron chi connectivity index (χ0n) is 17.4. The second-order valence-corrected chi connectivity index (χ2v) is 7.68. The number of hydrogen-bond acceptors (Lipinski definition) is 5. The SMILES string of the molecule is Cc1cnc(N2CCN(C(=O)c3ccc(-n4cc(O)n(C)c4=O)cc3)CC2)c(C)c1. The van der Waals surface area contributed by atoms with Crippen LogP contribution in [0.15, 0.2) is 47.5 Å². The number of piperazine rings is 1. The second kappa shape index (κ2) is 7.70. The number of aromatic hydroxyl groups is 1. The van der Waals surface area contributed by atoms with E-state index in [1.165, 1.54) is 17.8 Å². The maximum absolute atomic E-state index is 12.9. The first-order chi connectivity index (χ1) is 14.3. The van der Waals surface area contributed by atoms with Gasteiger partial charge in [-0.15, -0.1) is 0 Å². The fourth-order valence-electron chi connectivity index (χ4n) is 3.81. The van der Waals surface area contributed by atoms with Crippen molar-refractivity contribution in [3.63, 3.8) is 0 Å². The Hall–Kier alpha value is -3.55. The van der Waals surface area contributed by atoms with Crippen molar-refractivity contribution in [1.82, 2.24) is 19.0 Å². The molecule has 1 amide bonds. The number of hydrogen-bond donors (Lipinski definition) is 1. The summed E-state index contributed by atoms with van der Waals surface area (Å²) in [5.74, 6) is 0.836. The first kappa shape index (κ1) is 19.8. The number of rotatable bonds is 3. The number of aryl methyl sites for hydroxylation is 2. The molecule has 0 unspecified atom stereocenters. The summed E-state index contributed by atoms with van der Waals surface area (Å²) in [6.45, 7) is 6.82. The van der Waals surface area contributed by atoms with Gasteiger partial charge in [0, 0.05) is 45.0 Å². The van der Waals surface area contributed by atoms with Crippen LogP contribution in [0.3, 0.4) is 0 Å². The van der Waals surface area contributed by atoms with Crippen LogP contribution in [-0.4, -0.2) is 56.2 Å². The molecule has 1 saturated heterocycles. The van der Waals surface area contributed by atoms with Crippen LogP contribution >= 0.6 is 0 Å². The zero-order chi connectivity index (χ0) is 21.4. The lowest BCUT2D eigenvalue weighted by Crippen LogP contribution is -2.49. The molecule has 4 rings (SSSR count). The number of amides is 1. The molecule has 1 fully saturated rings. The van der Waals surface area contributed by atoms with Crippen molar-refractivity contribution in [3.05, 3.63) is 69.9 Å². The van der Waals surface area contributed by atoms with E-state index in [1.807, 2.05) is 18.0 Å². The third-order valence-corrected chi connectivity index (χ3v) is 5.53. The number of carbonyl (C=O) groups excluding carboxylic acids is 1. The molecule has 3 heterocycles. The molecule has 0 atom stereocenters. The van der Waals surface area contributed by atoms with Crippen LogP contribution in [0.1, 0.15) is 21.5 Å². The van der Waals surface area contributed by atoms with Gasteiger partial charge in [0.25, 0.3) is 5.91 Å². The third-order valence-electron chi connectivity index (χ3n) is 5.53. The predicted octanol–water partition coefficient (Wildman–Crippen LogP) is 1.86. The first-order valence-corrected chi connectivity index (χ1v) is 9.90. The van der Waals surface area contributed by atoms with Gasteiger partial charge in [-0.1, -0.05) is 6.07 Å². The summed E-state index contributed by atoms with van der Waals surface area (Å²) in [5, 5.41) is 9.70. The summed E-state index contributed by atoms with van der Waals surface area (Å²) >= 11 is 0. The van der Waals surface area contributed by atoms with Crippen molar-refractivity contribution in [3.8, 4) is 11.6 Å². The minimum atomic E-state index is -0.345. The fourth-order valence-corrected chi connectivity index (χ4v) is 3.81. The van der Waals surface area contributed by atoms with Gasteiger partial charge in [0.15, 0.2) is 0 Å². The fraction of sp³-hybridized carbons (Fsp3) is 0.318. The van der Waals surface area contributed by atoms with Gasteiger partial charge in [0.05, 0.1) is 11.9 Å². The molecular weight excluding hydrogens is 382 g/mol. The van der Waals surface area contributed by atoms with E-state index in [2.05, 4.69) is 22.9 Å². The predicted molar refractivity (Wildman–Crippen MR) is 115 cm³/mol. The van der Waals surface area contributed by atoms with E-state index < -0.39 is 0 Å². The average molecular weight is 407 g/mol. The highest BCUT2D eigenvalue weighted by atomic mass is 16.3. The van der Waals surface area contributed by atoms with Crippen LogP contribution in [0.4, 0.5) is 5.82 Å². The summed E-state index contributed by atoms with van der Waals surface area (Å²) in [6.07, 6.45) is 3.23. The van der Waals surface area contributed by atoms with E-state index in [9.17, 15) is 14.7 Å². The number of aromatic nitrogens is 3.